The number of benzene rings is 2. The SMILES string of the molecule is COc1cc(C2Sc3ccccc3N(CCN3CCOCC3)C(=O)C2=O)cc(OC)c1OC. The topological polar surface area (TPSA) is 77.5 Å². The predicted molar refractivity (Wildman–Crippen MR) is 126 cm³/mol. The second-order valence-electron chi connectivity index (χ2n) is 7.70. The van der Waals surface area contributed by atoms with Crippen LogP contribution in [0.3, 0.4) is 0 Å². The molecular formula is C24H28N2O6S. The van der Waals surface area contributed by atoms with Crippen molar-refractivity contribution in [1.82, 2.24) is 4.90 Å². The number of Topliss-reactive ketones (excluding diaryl/α,β-unsaturated/α-hetero) is 1. The van der Waals surface area contributed by atoms with Gasteiger partial charge in [0.1, 0.15) is 5.25 Å². The van der Waals surface area contributed by atoms with Gasteiger partial charge in [-0.15, -0.1) is 11.8 Å². The largest absolute Gasteiger partial charge is 0.493 e. The molecule has 2 aliphatic rings. The smallest absolute Gasteiger partial charge is 0.296 e. The monoisotopic (exact) mass is 472 g/mol. The van der Waals surface area contributed by atoms with Crippen LogP contribution in [0.25, 0.3) is 0 Å². The number of hydrogen-bond acceptors (Lipinski definition) is 8. The second kappa shape index (κ2) is 10.5. The Morgan fingerprint density at radius 3 is 2.27 bits per heavy atom. The lowest BCUT2D eigenvalue weighted by Gasteiger charge is -2.29. The van der Waals surface area contributed by atoms with Crippen molar-refractivity contribution in [2.75, 3.05) is 65.6 Å². The van der Waals surface area contributed by atoms with E-state index in [1.807, 2.05) is 24.3 Å². The molecule has 0 saturated carbocycles. The van der Waals surface area contributed by atoms with Gasteiger partial charge in [0.25, 0.3) is 5.91 Å². The van der Waals surface area contributed by atoms with Gasteiger partial charge in [-0.3, -0.25) is 14.5 Å². The van der Waals surface area contributed by atoms with E-state index in [0.717, 1.165) is 23.7 Å². The highest BCUT2D eigenvalue weighted by atomic mass is 32.2. The summed E-state index contributed by atoms with van der Waals surface area (Å²) in [6.45, 7) is 4.12. The molecule has 0 aliphatic carbocycles. The molecule has 9 heteroatoms. The average Bonchev–Trinajstić information content (AvgIpc) is 2.96. The maximum absolute atomic E-state index is 13.5. The first-order chi connectivity index (χ1) is 16.1. The van der Waals surface area contributed by atoms with Crippen LogP contribution in [0.5, 0.6) is 17.2 Å². The third-order valence-electron chi connectivity index (χ3n) is 5.83. The summed E-state index contributed by atoms with van der Waals surface area (Å²) in [5.74, 6) is 0.324. The van der Waals surface area contributed by atoms with Crippen LogP contribution in [0.2, 0.25) is 0 Å². The fourth-order valence-electron chi connectivity index (χ4n) is 4.08. The molecule has 0 N–H and O–H groups in total. The highest BCUT2D eigenvalue weighted by Gasteiger charge is 2.38. The lowest BCUT2D eigenvalue weighted by atomic mass is 10.1. The van der Waals surface area contributed by atoms with Crippen molar-refractivity contribution < 1.29 is 28.5 Å². The summed E-state index contributed by atoms with van der Waals surface area (Å²) in [6.07, 6.45) is 0. The van der Waals surface area contributed by atoms with Gasteiger partial charge < -0.3 is 23.8 Å². The summed E-state index contributed by atoms with van der Waals surface area (Å²) in [5.41, 5.74) is 1.38. The van der Waals surface area contributed by atoms with Crippen LogP contribution in [0.4, 0.5) is 5.69 Å². The first-order valence-electron chi connectivity index (χ1n) is 10.8. The van der Waals surface area contributed by atoms with E-state index in [-0.39, 0.29) is 0 Å². The Labute approximate surface area is 197 Å². The van der Waals surface area contributed by atoms with Crippen molar-refractivity contribution in [2.24, 2.45) is 0 Å². The van der Waals surface area contributed by atoms with Crippen molar-refractivity contribution >= 4 is 29.1 Å². The van der Waals surface area contributed by atoms with Gasteiger partial charge in [0.15, 0.2) is 11.5 Å². The van der Waals surface area contributed by atoms with Gasteiger partial charge in [-0.2, -0.15) is 0 Å². The Kier molecular flexibility index (Phi) is 7.42. The van der Waals surface area contributed by atoms with Crippen molar-refractivity contribution in [1.29, 1.82) is 0 Å². The molecule has 33 heavy (non-hydrogen) atoms. The molecule has 2 heterocycles. The van der Waals surface area contributed by atoms with Crippen LogP contribution in [0, 0.1) is 0 Å². The van der Waals surface area contributed by atoms with Crippen molar-refractivity contribution in [3.8, 4) is 17.2 Å². The normalized spacial score (nSPS) is 19.1. The van der Waals surface area contributed by atoms with Crippen molar-refractivity contribution in [3.05, 3.63) is 42.0 Å². The number of morpholine rings is 1. The highest BCUT2D eigenvalue weighted by Crippen LogP contribution is 2.47. The Bertz CT molecular complexity index is 999. The van der Waals surface area contributed by atoms with Crippen LogP contribution in [0.1, 0.15) is 10.8 Å². The second-order valence-corrected chi connectivity index (χ2v) is 8.85. The van der Waals surface area contributed by atoms with E-state index in [1.54, 1.807) is 17.0 Å². The molecule has 1 amide bonds. The standard InChI is InChI=1S/C24H28N2O6S/c1-29-18-14-16(15-19(30-2)22(18)31-3)23-21(27)24(28)26(9-8-25-10-12-32-13-11-25)17-6-4-5-7-20(17)33-23/h4-7,14-15,23H,8-13H2,1-3H3. The number of nitrogens with zero attached hydrogens (tertiary/aromatic N) is 2. The number of methoxy groups -OCH3 is 3. The molecule has 8 nitrogen and oxygen atoms in total. The number of carbonyl (C=O) groups is 2. The maximum Gasteiger partial charge on any atom is 0.296 e. The van der Waals surface area contributed by atoms with Crippen LogP contribution in [-0.4, -0.2) is 77.3 Å². The molecule has 2 aromatic rings. The zero-order valence-electron chi connectivity index (χ0n) is 19.0. The summed E-state index contributed by atoms with van der Waals surface area (Å²) >= 11 is 1.36. The Morgan fingerprint density at radius 1 is 0.970 bits per heavy atom. The minimum Gasteiger partial charge on any atom is -0.493 e. The quantitative estimate of drug-likeness (QED) is 0.570. The molecule has 2 aromatic carbocycles. The summed E-state index contributed by atoms with van der Waals surface area (Å²) in [7, 11) is 4.58. The van der Waals surface area contributed by atoms with E-state index >= 15 is 0 Å². The molecule has 1 fully saturated rings. The summed E-state index contributed by atoms with van der Waals surface area (Å²) in [5, 5.41) is -0.735. The maximum atomic E-state index is 13.5. The molecule has 2 aliphatic heterocycles. The van der Waals surface area contributed by atoms with Crippen LogP contribution in [0.15, 0.2) is 41.3 Å². The van der Waals surface area contributed by atoms with Gasteiger partial charge in [-0.1, -0.05) is 12.1 Å². The number of carbonyl (C=O) groups excluding carboxylic acids is 2. The molecule has 1 atom stereocenters. The Balaban J connectivity index is 1.68. The fraction of sp³-hybridized carbons (Fsp3) is 0.417. The number of anilines is 1. The summed E-state index contributed by atoms with van der Waals surface area (Å²) in [6, 6.07) is 11.1. The van der Waals surface area contributed by atoms with Crippen LogP contribution >= 0.6 is 11.8 Å². The third kappa shape index (κ3) is 4.80. The van der Waals surface area contributed by atoms with E-state index in [2.05, 4.69) is 4.90 Å². The van der Waals surface area contributed by atoms with E-state index in [0.29, 0.717) is 49.1 Å². The molecule has 0 bridgehead atoms. The van der Waals surface area contributed by atoms with Gasteiger partial charge in [-0.05, 0) is 29.8 Å². The zero-order valence-corrected chi connectivity index (χ0v) is 19.9. The number of thioether (sulfide) groups is 1. The number of hydrogen-bond donors (Lipinski definition) is 0. The number of amides is 1. The van der Waals surface area contributed by atoms with E-state index in [1.165, 1.54) is 33.1 Å². The molecule has 4 rings (SSSR count). The number of ether oxygens (including phenoxy) is 4. The van der Waals surface area contributed by atoms with Crippen LogP contribution in [-0.2, 0) is 14.3 Å². The average molecular weight is 473 g/mol. The summed E-state index contributed by atoms with van der Waals surface area (Å²) < 4.78 is 21.7. The molecule has 1 saturated heterocycles. The van der Waals surface area contributed by atoms with Gasteiger partial charge in [-0.25, -0.2) is 0 Å². The zero-order chi connectivity index (χ0) is 23.4. The molecule has 0 spiro atoms. The van der Waals surface area contributed by atoms with E-state index in [4.69, 9.17) is 18.9 Å². The lowest BCUT2D eigenvalue weighted by Crippen LogP contribution is -2.45. The van der Waals surface area contributed by atoms with E-state index in [9.17, 15) is 9.59 Å². The molecule has 176 valence electrons. The van der Waals surface area contributed by atoms with E-state index < -0.39 is 16.9 Å². The van der Waals surface area contributed by atoms with Gasteiger partial charge in [0.2, 0.25) is 11.5 Å². The van der Waals surface area contributed by atoms with Crippen LogP contribution < -0.4 is 19.1 Å². The molecule has 0 aromatic heterocycles. The number of rotatable bonds is 7. The Hall–Kier alpha value is -2.75. The predicted octanol–water partition coefficient (Wildman–Crippen LogP) is 2.79. The van der Waals surface area contributed by atoms with Crippen molar-refractivity contribution in [3.63, 3.8) is 0 Å². The Morgan fingerprint density at radius 2 is 1.64 bits per heavy atom. The number of ketones is 1. The minimum atomic E-state index is -0.735. The first-order valence-corrected chi connectivity index (χ1v) is 11.7. The molecular weight excluding hydrogens is 444 g/mol. The number of para-hydroxylation sites is 1. The number of fused-ring (bicyclic) bond motifs is 1. The molecule has 1 unspecified atom stereocenters. The van der Waals surface area contributed by atoms with Gasteiger partial charge in [0.05, 0.1) is 40.2 Å². The van der Waals surface area contributed by atoms with Gasteiger partial charge in [0, 0.05) is 31.1 Å². The minimum absolute atomic E-state index is 0.435. The third-order valence-corrected chi connectivity index (χ3v) is 7.15. The lowest BCUT2D eigenvalue weighted by molar-refractivity contribution is -0.136. The summed E-state index contributed by atoms with van der Waals surface area (Å²) in [4.78, 5) is 31.6. The molecule has 0 radical (unpaired) electrons. The highest BCUT2D eigenvalue weighted by molar-refractivity contribution is 8.00. The fourth-order valence-corrected chi connectivity index (χ4v) is 5.27. The van der Waals surface area contributed by atoms with Crippen molar-refractivity contribution in [2.45, 2.75) is 10.1 Å². The van der Waals surface area contributed by atoms with Gasteiger partial charge >= 0.3 is 0 Å². The first kappa shape index (κ1) is 23.4.